The van der Waals surface area contributed by atoms with Crippen LogP contribution in [0.4, 0.5) is 5.69 Å². The van der Waals surface area contributed by atoms with Gasteiger partial charge in [-0.15, -0.1) is 11.8 Å². The third-order valence-electron chi connectivity index (χ3n) is 2.57. The predicted molar refractivity (Wildman–Crippen MR) is 79.0 cm³/mol. The predicted octanol–water partition coefficient (Wildman–Crippen LogP) is 3.25. The van der Waals surface area contributed by atoms with Crippen LogP contribution in [0.5, 0.6) is 0 Å². The summed E-state index contributed by atoms with van der Waals surface area (Å²) in [5, 5.41) is 2.94. The van der Waals surface area contributed by atoms with Gasteiger partial charge in [0.25, 0.3) is 0 Å². The van der Waals surface area contributed by atoms with Crippen molar-refractivity contribution in [3.05, 3.63) is 24.3 Å². The number of rotatable bonds is 7. The number of anilines is 1. The first-order valence-electron chi connectivity index (χ1n) is 6.44. The van der Waals surface area contributed by atoms with Crippen LogP contribution in [0, 0.1) is 0 Å². The summed E-state index contributed by atoms with van der Waals surface area (Å²) in [6.45, 7) is 4.17. The first kappa shape index (κ1) is 15.1. The maximum atomic E-state index is 11.9. The Balaban J connectivity index is 2.58. The van der Waals surface area contributed by atoms with E-state index in [1.54, 1.807) is 11.8 Å². The molecule has 1 aromatic rings. The maximum Gasteiger partial charge on any atom is 0.225 e. The third-order valence-corrected chi connectivity index (χ3v) is 3.52. The van der Waals surface area contributed by atoms with E-state index in [1.807, 2.05) is 24.3 Å². The fraction of sp³-hybridized carbons (Fsp3) is 0.500. The second-order valence-corrected chi connectivity index (χ2v) is 5.54. The molecule has 1 unspecified atom stereocenters. The minimum atomic E-state index is -0.0407. The summed E-state index contributed by atoms with van der Waals surface area (Å²) in [6, 6.07) is 7.83. The van der Waals surface area contributed by atoms with Gasteiger partial charge in [-0.05, 0) is 24.3 Å². The number of hydrogen-bond donors (Lipinski definition) is 2. The Morgan fingerprint density at radius 3 is 2.78 bits per heavy atom. The van der Waals surface area contributed by atoms with E-state index in [4.69, 9.17) is 5.73 Å². The van der Waals surface area contributed by atoms with E-state index in [9.17, 15) is 4.79 Å². The number of nitrogens with two attached hydrogens (primary N) is 1. The van der Waals surface area contributed by atoms with E-state index in [-0.39, 0.29) is 11.9 Å². The highest BCUT2D eigenvalue weighted by Gasteiger charge is 2.10. The molecule has 18 heavy (non-hydrogen) atoms. The van der Waals surface area contributed by atoms with Crippen LogP contribution in [-0.4, -0.2) is 17.7 Å². The molecule has 0 aliphatic carbocycles. The van der Waals surface area contributed by atoms with Crippen molar-refractivity contribution in [2.24, 2.45) is 5.73 Å². The molecule has 0 aliphatic heterocycles. The highest BCUT2D eigenvalue weighted by atomic mass is 32.2. The van der Waals surface area contributed by atoms with Crippen molar-refractivity contribution in [3.8, 4) is 0 Å². The first-order valence-corrected chi connectivity index (χ1v) is 7.43. The van der Waals surface area contributed by atoms with E-state index < -0.39 is 0 Å². The van der Waals surface area contributed by atoms with Crippen molar-refractivity contribution >= 4 is 23.4 Å². The molecule has 3 nitrogen and oxygen atoms in total. The summed E-state index contributed by atoms with van der Waals surface area (Å²) < 4.78 is 0. The number of carbonyl (C=O) groups is 1. The zero-order valence-electron chi connectivity index (χ0n) is 11.1. The van der Waals surface area contributed by atoms with Crippen LogP contribution in [0.25, 0.3) is 0 Å². The molecule has 0 heterocycles. The fourth-order valence-corrected chi connectivity index (χ4v) is 2.52. The van der Waals surface area contributed by atoms with Crippen molar-refractivity contribution in [2.75, 3.05) is 11.1 Å². The van der Waals surface area contributed by atoms with Gasteiger partial charge in [0.05, 0.1) is 5.69 Å². The quantitative estimate of drug-likeness (QED) is 0.745. The van der Waals surface area contributed by atoms with Gasteiger partial charge in [0.1, 0.15) is 0 Å². The van der Waals surface area contributed by atoms with Crippen LogP contribution in [0.1, 0.15) is 33.1 Å². The lowest BCUT2D eigenvalue weighted by Gasteiger charge is -2.12. The van der Waals surface area contributed by atoms with Crippen LogP contribution in [0.15, 0.2) is 29.2 Å². The van der Waals surface area contributed by atoms with Gasteiger partial charge in [0, 0.05) is 17.4 Å². The molecule has 0 fully saturated rings. The fourth-order valence-electron chi connectivity index (χ4n) is 1.76. The Hall–Kier alpha value is -1.00. The highest BCUT2D eigenvalue weighted by Crippen LogP contribution is 2.26. The Labute approximate surface area is 114 Å². The standard InChI is InChI=1S/C14H22N2OS/c1-3-7-11(15)10-14(17)16-12-8-5-6-9-13(12)18-4-2/h5-6,8-9,11H,3-4,7,10,15H2,1-2H3,(H,16,17). The summed E-state index contributed by atoms with van der Waals surface area (Å²) in [4.78, 5) is 13.0. The summed E-state index contributed by atoms with van der Waals surface area (Å²) in [6.07, 6.45) is 2.29. The van der Waals surface area contributed by atoms with E-state index in [1.165, 1.54) is 0 Å². The van der Waals surface area contributed by atoms with Crippen molar-refractivity contribution in [1.82, 2.24) is 0 Å². The second-order valence-electron chi connectivity index (χ2n) is 4.23. The Morgan fingerprint density at radius 2 is 2.11 bits per heavy atom. The largest absolute Gasteiger partial charge is 0.327 e. The van der Waals surface area contributed by atoms with Crippen molar-refractivity contribution in [2.45, 2.75) is 44.0 Å². The van der Waals surface area contributed by atoms with Crippen molar-refractivity contribution in [3.63, 3.8) is 0 Å². The highest BCUT2D eigenvalue weighted by molar-refractivity contribution is 7.99. The average Bonchev–Trinajstić information content (AvgIpc) is 2.32. The number of amides is 1. The number of benzene rings is 1. The lowest BCUT2D eigenvalue weighted by Crippen LogP contribution is -2.27. The smallest absolute Gasteiger partial charge is 0.225 e. The monoisotopic (exact) mass is 266 g/mol. The Morgan fingerprint density at radius 1 is 1.39 bits per heavy atom. The summed E-state index contributed by atoms with van der Waals surface area (Å²) in [5.41, 5.74) is 6.76. The lowest BCUT2D eigenvalue weighted by atomic mass is 10.1. The summed E-state index contributed by atoms with van der Waals surface area (Å²) in [7, 11) is 0. The molecule has 1 aromatic carbocycles. The Bertz CT molecular complexity index is 382. The van der Waals surface area contributed by atoms with Crippen LogP contribution in [-0.2, 0) is 4.79 Å². The summed E-state index contributed by atoms with van der Waals surface area (Å²) in [5.74, 6) is 0.988. The van der Waals surface area contributed by atoms with E-state index in [0.717, 1.165) is 29.2 Å². The molecule has 1 rings (SSSR count). The maximum absolute atomic E-state index is 11.9. The molecular weight excluding hydrogens is 244 g/mol. The van der Waals surface area contributed by atoms with Crippen LogP contribution in [0.3, 0.4) is 0 Å². The lowest BCUT2D eigenvalue weighted by molar-refractivity contribution is -0.116. The van der Waals surface area contributed by atoms with Gasteiger partial charge in [-0.1, -0.05) is 32.4 Å². The third kappa shape index (κ3) is 5.10. The van der Waals surface area contributed by atoms with Gasteiger partial charge in [-0.2, -0.15) is 0 Å². The summed E-state index contributed by atoms with van der Waals surface area (Å²) >= 11 is 1.73. The zero-order chi connectivity index (χ0) is 13.4. The minimum Gasteiger partial charge on any atom is -0.327 e. The molecule has 0 saturated carbocycles. The molecule has 100 valence electrons. The molecule has 4 heteroatoms. The molecule has 1 atom stereocenters. The van der Waals surface area contributed by atoms with Gasteiger partial charge in [-0.3, -0.25) is 4.79 Å². The Kier molecular flexibility index (Phi) is 6.83. The number of nitrogens with one attached hydrogen (secondary N) is 1. The average molecular weight is 266 g/mol. The van der Waals surface area contributed by atoms with Crippen molar-refractivity contribution < 1.29 is 4.79 Å². The molecule has 0 bridgehead atoms. The van der Waals surface area contributed by atoms with Crippen LogP contribution < -0.4 is 11.1 Å². The number of thioether (sulfide) groups is 1. The van der Waals surface area contributed by atoms with Gasteiger partial charge < -0.3 is 11.1 Å². The van der Waals surface area contributed by atoms with Gasteiger partial charge >= 0.3 is 0 Å². The molecule has 0 saturated heterocycles. The second kappa shape index (κ2) is 8.16. The number of hydrogen-bond acceptors (Lipinski definition) is 3. The minimum absolute atomic E-state index is 0.0000954. The molecular formula is C14H22N2OS. The molecule has 0 spiro atoms. The molecule has 1 amide bonds. The normalized spacial score (nSPS) is 12.2. The zero-order valence-corrected chi connectivity index (χ0v) is 11.9. The van der Waals surface area contributed by atoms with E-state index >= 15 is 0 Å². The van der Waals surface area contributed by atoms with Gasteiger partial charge in [-0.25, -0.2) is 0 Å². The number of para-hydroxylation sites is 1. The SMILES string of the molecule is CCCC(N)CC(=O)Nc1ccccc1SCC. The molecule has 0 aromatic heterocycles. The van der Waals surface area contributed by atoms with E-state index in [2.05, 4.69) is 19.2 Å². The van der Waals surface area contributed by atoms with Crippen molar-refractivity contribution in [1.29, 1.82) is 0 Å². The topological polar surface area (TPSA) is 55.1 Å². The van der Waals surface area contributed by atoms with Crippen LogP contribution >= 0.6 is 11.8 Å². The van der Waals surface area contributed by atoms with Gasteiger partial charge in [0.2, 0.25) is 5.91 Å². The molecule has 0 aliphatic rings. The molecule has 0 radical (unpaired) electrons. The number of carbonyl (C=O) groups excluding carboxylic acids is 1. The van der Waals surface area contributed by atoms with Gasteiger partial charge in [0.15, 0.2) is 0 Å². The van der Waals surface area contributed by atoms with E-state index in [0.29, 0.717) is 6.42 Å². The van der Waals surface area contributed by atoms with Crippen LogP contribution in [0.2, 0.25) is 0 Å². The first-order chi connectivity index (χ1) is 8.67. The molecule has 3 N–H and O–H groups in total.